The SMILES string of the molecule is COC(C)(C)CCOc1nn(C2CCC([C@@]3(C)CNC[C@@H](C)O3)CC2)cc1Nc1ncc(-c2ccc(C#N)c(OC(C)Cn3cnnn3)c2)cn1. The summed E-state index contributed by atoms with van der Waals surface area (Å²) in [7, 11) is 1.71. The third kappa shape index (κ3) is 8.99. The van der Waals surface area contributed by atoms with Gasteiger partial charge in [-0.25, -0.2) is 14.6 Å². The zero-order chi connectivity index (χ0) is 36.0. The van der Waals surface area contributed by atoms with Gasteiger partial charge in [-0.15, -0.1) is 10.2 Å². The predicted octanol–water partition coefficient (Wildman–Crippen LogP) is 5.10. The molecule has 1 aliphatic heterocycles. The topological polar surface area (TPSA) is 172 Å². The molecule has 1 aromatic carbocycles. The molecule has 2 N–H and O–H groups in total. The molecule has 1 unspecified atom stereocenters. The van der Waals surface area contributed by atoms with E-state index in [9.17, 15) is 5.26 Å². The van der Waals surface area contributed by atoms with Gasteiger partial charge in [0, 0.05) is 44.6 Å². The third-order valence-electron chi connectivity index (χ3n) is 10.0. The highest BCUT2D eigenvalue weighted by Crippen LogP contribution is 2.41. The Morgan fingerprint density at radius 1 is 1.18 bits per heavy atom. The Kier molecular flexibility index (Phi) is 11.1. The summed E-state index contributed by atoms with van der Waals surface area (Å²) in [5, 5.41) is 32.7. The fourth-order valence-corrected chi connectivity index (χ4v) is 6.84. The number of nitrogens with zero attached hydrogens (tertiary/aromatic N) is 9. The largest absolute Gasteiger partial charge is 0.487 e. The maximum absolute atomic E-state index is 9.69. The number of rotatable bonds is 14. The maximum Gasteiger partial charge on any atom is 0.256 e. The lowest BCUT2D eigenvalue weighted by Crippen LogP contribution is -2.55. The van der Waals surface area contributed by atoms with Gasteiger partial charge in [0.1, 0.15) is 29.9 Å². The number of nitrogens with one attached hydrogen (secondary N) is 2. The summed E-state index contributed by atoms with van der Waals surface area (Å²) in [6.07, 6.45) is 11.8. The molecule has 1 saturated heterocycles. The van der Waals surface area contributed by atoms with E-state index in [1.165, 1.54) is 6.33 Å². The highest BCUT2D eigenvalue weighted by molar-refractivity contribution is 5.67. The molecule has 4 aromatic rings. The third-order valence-corrected chi connectivity index (χ3v) is 10.0. The number of benzene rings is 1. The summed E-state index contributed by atoms with van der Waals surface area (Å²) in [6, 6.07) is 7.86. The maximum atomic E-state index is 9.69. The van der Waals surface area contributed by atoms with Gasteiger partial charge < -0.3 is 29.6 Å². The van der Waals surface area contributed by atoms with Crippen molar-refractivity contribution < 1.29 is 18.9 Å². The van der Waals surface area contributed by atoms with Crippen molar-refractivity contribution in [1.29, 1.82) is 5.26 Å². The normalized spacial score (nSPS) is 23.0. The highest BCUT2D eigenvalue weighted by Gasteiger charge is 2.41. The molecule has 15 heteroatoms. The summed E-state index contributed by atoms with van der Waals surface area (Å²) in [5.74, 6) is 1.87. The van der Waals surface area contributed by atoms with Crippen LogP contribution in [0.4, 0.5) is 11.6 Å². The van der Waals surface area contributed by atoms with Gasteiger partial charge >= 0.3 is 0 Å². The van der Waals surface area contributed by atoms with Crippen molar-refractivity contribution in [3.05, 3.63) is 48.7 Å². The van der Waals surface area contributed by atoms with Crippen LogP contribution in [0.15, 0.2) is 43.1 Å². The van der Waals surface area contributed by atoms with Crippen LogP contribution in [0.5, 0.6) is 11.6 Å². The van der Waals surface area contributed by atoms with Crippen LogP contribution < -0.4 is 20.1 Å². The molecule has 3 atom stereocenters. The lowest BCUT2D eigenvalue weighted by Gasteiger charge is -2.46. The lowest BCUT2D eigenvalue weighted by molar-refractivity contribution is -0.138. The Labute approximate surface area is 299 Å². The predicted molar refractivity (Wildman–Crippen MR) is 190 cm³/mol. The quantitative estimate of drug-likeness (QED) is 0.178. The molecule has 0 spiro atoms. The lowest BCUT2D eigenvalue weighted by atomic mass is 9.75. The minimum atomic E-state index is -0.319. The van der Waals surface area contributed by atoms with Crippen molar-refractivity contribution in [3.8, 4) is 28.8 Å². The average Bonchev–Trinajstić information content (AvgIpc) is 3.78. The van der Waals surface area contributed by atoms with Gasteiger partial charge in [0.05, 0.1) is 48.3 Å². The van der Waals surface area contributed by atoms with Gasteiger partial charge in [-0.1, -0.05) is 6.07 Å². The van der Waals surface area contributed by atoms with Crippen LogP contribution in [0.25, 0.3) is 11.1 Å². The molecule has 0 bridgehead atoms. The molecule has 15 nitrogen and oxygen atoms in total. The second kappa shape index (κ2) is 15.7. The summed E-state index contributed by atoms with van der Waals surface area (Å²) >= 11 is 0. The van der Waals surface area contributed by atoms with Crippen molar-refractivity contribution in [1.82, 2.24) is 45.3 Å². The number of anilines is 2. The minimum Gasteiger partial charge on any atom is -0.487 e. The van der Waals surface area contributed by atoms with E-state index in [1.807, 2.05) is 43.8 Å². The smallest absolute Gasteiger partial charge is 0.256 e. The second-order valence-corrected chi connectivity index (χ2v) is 14.5. The van der Waals surface area contributed by atoms with E-state index in [1.54, 1.807) is 30.3 Å². The number of tetrazole rings is 1. The van der Waals surface area contributed by atoms with Crippen molar-refractivity contribution in [3.63, 3.8) is 0 Å². The molecule has 2 fully saturated rings. The fourth-order valence-electron chi connectivity index (χ4n) is 6.84. The fraction of sp³-hybridized carbons (Fsp3) is 0.583. The number of morpholine rings is 1. The van der Waals surface area contributed by atoms with Gasteiger partial charge in [-0.3, -0.25) is 4.68 Å². The van der Waals surface area contributed by atoms with E-state index in [0.29, 0.717) is 54.3 Å². The standard InChI is InChI=1S/C36H49N11O4/c1-24-17-38-22-36(5,51-24)29-9-11-30(12-10-29)47-21-31(33(43-47)49-14-13-35(3,4)48-6)42-34-39-18-28(19-40-34)26-7-8-27(16-37)32(15-26)50-25(2)20-46-23-41-44-45-46/h7-8,15,18-19,21,23-25,29-30,38H,9-14,17,20,22H2,1-6H3,(H,39,40,42)/t24-,25?,29?,30?,36-/m1/s1. The second-order valence-electron chi connectivity index (χ2n) is 14.5. The number of aromatic nitrogens is 8. The number of nitriles is 1. The summed E-state index contributed by atoms with van der Waals surface area (Å²) in [5.41, 5.74) is 2.25. The van der Waals surface area contributed by atoms with Crippen molar-refractivity contribution in [2.45, 2.75) is 103 Å². The Morgan fingerprint density at radius 2 is 1.96 bits per heavy atom. The molecule has 1 aliphatic carbocycles. The first-order valence-electron chi connectivity index (χ1n) is 17.7. The molecular formula is C36H49N11O4. The van der Waals surface area contributed by atoms with Crippen LogP contribution in [0.3, 0.4) is 0 Å². The first-order valence-corrected chi connectivity index (χ1v) is 17.7. The first-order chi connectivity index (χ1) is 24.5. The zero-order valence-corrected chi connectivity index (χ0v) is 30.4. The van der Waals surface area contributed by atoms with E-state index in [2.05, 4.69) is 56.0 Å². The van der Waals surface area contributed by atoms with Crippen LogP contribution in [-0.4, -0.2) is 90.2 Å². The number of methoxy groups -OCH3 is 1. The Balaban J connectivity index is 1.15. The highest BCUT2D eigenvalue weighted by atomic mass is 16.5. The van der Waals surface area contributed by atoms with E-state index < -0.39 is 0 Å². The van der Waals surface area contributed by atoms with E-state index >= 15 is 0 Å². The van der Waals surface area contributed by atoms with Gasteiger partial charge in [-0.2, -0.15) is 5.26 Å². The molecule has 1 saturated carbocycles. The van der Waals surface area contributed by atoms with Gasteiger partial charge in [0.25, 0.3) is 5.88 Å². The van der Waals surface area contributed by atoms with Crippen LogP contribution >= 0.6 is 0 Å². The monoisotopic (exact) mass is 699 g/mol. The molecule has 4 heterocycles. The van der Waals surface area contributed by atoms with Gasteiger partial charge in [-0.05, 0) is 94.3 Å². The van der Waals surface area contributed by atoms with Crippen molar-refractivity contribution >= 4 is 11.6 Å². The number of hydrogen-bond acceptors (Lipinski definition) is 13. The summed E-state index contributed by atoms with van der Waals surface area (Å²) in [6.45, 7) is 13.0. The molecular weight excluding hydrogens is 650 g/mol. The molecule has 0 amide bonds. The van der Waals surface area contributed by atoms with Crippen LogP contribution in [0.2, 0.25) is 0 Å². The molecule has 51 heavy (non-hydrogen) atoms. The van der Waals surface area contributed by atoms with Crippen LogP contribution in [-0.2, 0) is 16.0 Å². The average molecular weight is 700 g/mol. The summed E-state index contributed by atoms with van der Waals surface area (Å²) < 4.78 is 28.0. The Morgan fingerprint density at radius 3 is 2.65 bits per heavy atom. The number of hydrogen-bond donors (Lipinski definition) is 2. The summed E-state index contributed by atoms with van der Waals surface area (Å²) in [4.78, 5) is 9.24. The molecule has 272 valence electrons. The van der Waals surface area contributed by atoms with Crippen LogP contribution in [0, 0.1) is 17.2 Å². The Bertz CT molecular complexity index is 1760. The van der Waals surface area contributed by atoms with Gasteiger partial charge in [0.2, 0.25) is 5.95 Å². The molecule has 3 aromatic heterocycles. The zero-order valence-electron chi connectivity index (χ0n) is 30.4. The first kappa shape index (κ1) is 36.2. The number of ether oxygens (including phenoxy) is 4. The van der Waals surface area contributed by atoms with E-state index in [0.717, 1.165) is 49.9 Å². The molecule has 0 radical (unpaired) electrons. The minimum absolute atomic E-state index is 0.146. The Hall–Kier alpha value is -4.65. The van der Waals surface area contributed by atoms with E-state index in [-0.39, 0.29) is 29.5 Å². The van der Waals surface area contributed by atoms with Crippen LogP contribution in [0.1, 0.15) is 78.3 Å². The molecule has 6 rings (SSSR count). The van der Waals surface area contributed by atoms with Gasteiger partial charge in [0.15, 0.2) is 0 Å². The van der Waals surface area contributed by atoms with Crippen molar-refractivity contribution in [2.75, 3.05) is 32.1 Å². The van der Waals surface area contributed by atoms with E-state index in [4.69, 9.17) is 24.0 Å². The molecule has 2 aliphatic rings. The van der Waals surface area contributed by atoms with Crippen molar-refractivity contribution in [2.24, 2.45) is 5.92 Å².